The maximum absolute atomic E-state index is 11.2. The molecule has 8 heteroatoms. The van der Waals surface area contributed by atoms with Crippen LogP contribution in [0.1, 0.15) is 12.5 Å². The lowest BCUT2D eigenvalue weighted by molar-refractivity contribution is -0.131. The Morgan fingerprint density at radius 1 is 0.935 bits per heavy atom. The fraction of sp³-hybridized carbons (Fsp3) is 0.130. The Balaban J connectivity index is 1.62. The molecule has 1 heterocycles. The van der Waals surface area contributed by atoms with Crippen LogP contribution in [0.2, 0.25) is 0 Å². The standard InChI is InChI=1S/C23H20N4O4/c1-16(28)31-19-13-11-17(12-14-19)20-8-4-5-9-21(20)23-24-25-26-27(23)30-15-18-7-3-6-10-22(18)29-2/h3-14H,15H2,1-2H3. The Labute approximate surface area is 179 Å². The Hall–Kier alpha value is -4.20. The number of tetrazole rings is 1. The molecule has 0 atom stereocenters. The van der Waals surface area contributed by atoms with E-state index in [0.717, 1.165) is 28.0 Å². The number of methoxy groups -OCH3 is 1. The normalized spacial score (nSPS) is 10.5. The number of carbonyl (C=O) groups excluding carboxylic acids is 1. The molecule has 0 aliphatic rings. The molecule has 8 nitrogen and oxygen atoms in total. The zero-order valence-electron chi connectivity index (χ0n) is 17.1. The second-order valence-corrected chi connectivity index (χ2v) is 6.62. The Morgan fingerprint density at radius 3 is 2.39 bits per heavy atom. The highest BCUT2D eigenvalue weighted by atomic mass is 16.7. The van der Waals surface area contributed by atoms with Gasteiger partial charge in [-0.2, -0.15) is 0 Å². The summed E-state index contributed by atoms with van der Waals surface area (Å²) in [6.45, 7) is 1.61. The molecular weight excluding hydrogens is 396 g/mol. The van der Waals surface area contributed by atoms with E-state index in [9.17, 15) is 4.79 Å². The van der Waals surface area contributed by atoms with Crippen LogP contribution in [0.3, 0.4) is 0 Å². The fourth-order valence-corrected chi connectivity index (χ4v) is 3.17. The predicted octanol–water partition coefficient (Wildman–Crippen LogP) is 3.57. The molecule has 1 aromatic heterocycles. The topological polar surface area (TPSA) is 88.4 Å². The van der Waals surface area contributed by atoms with Crippen LogP contribution in [0.25, 0.3) is 22.5 Å². The maximum Gasteiger partial charge on any atom is 0.308 e. The van der Waals surface area contributed by atoms with E-state index in [-0.39, 0.29) is 12.6 Å². The van der Waals surface area contributed by atoms with Gasteiger partial charge in [-0.15, -0.1) is 5.10 Å². The van der Waals surface area contributed by atoms with E-state index in [1.165, 1.54) is 11.8 Å². The van der Waals surface area contributed by atoms with Crippen molar-refractivity contribution in [3.63, 3.8) is 0 Å². The Kier molecular flexibility index (Phi) is 5.89. The first-order valence-electron chi connectivity index (χ1n) is 9.57. The first-order chi connectivity index (χ1) is 15.2. The van der Waals surface area contributed by atoms with Gasteiger partial charge in [0.2, 0.25) is 5.82 Å². The monoisotopic (exact) mass is 416 g/mol. The summed E-state index contributed by atoms with van der Waals surface area (Å²) in [7, 11) is 1.62. The third kappa shape index (κ3) is 4.53. The minimum absolute atomic E-state index is 0.237. The average molecular weight is 416 g/mol. The summed E-state index contributed by atoms with van der Waals surface area (Å²) >= 11 is 0. The van der Waals surface area contributed by atoms with E-state index in [2.05, 4.69) is 15.5 Å². The lowest BCUT2D eigenvalue weighted by Crippen LogP contribution is -2.15. The van der Waals surface area contributed by atoms with Gasteiger partial charge in [-0.3, -0.25) is 4.79 Å². The van der Waals surface area contributed by atoms with E-state index in [1.807, 2.05) is 60.7 Å². The molecule has 0 saturated heterocycles. The van der Waals surface area contributed by atoms with Crippen LogP contribution in [0.4, 0.5) is 0 Å². The summed E-state index contributed by atoms with van der Waals surface area (Å²) in [6.07, 6.45) is 0. The molecule has 0 N–H and O–H groups in total. The molecule has 0 aliphatic heterocycles. The molecule has 4 rings (SSSR count). The summed E-state index contributed by atoms with van der Waals surface area (Å²) < 4.78 is 10.5. The summed E-state index contributed by atoms with van der Waals surface area (Å²) in [4.78, 5) is 18.3. The molecule has 4 aromatic rings. The molecule has 0 aliphatic carbocycles. The summed E-state index contributed by atoms with van der Waals surface area (Å²) in [5, 5.41) is 11.9. The van der Waals surface area contributed by atoms with Crippen LogP contribution >= 0.6 is 0 Å². The van der Waals surface area contributed by atoms with E-state index >= 15 is 0 Å². The SMILES string of the molecule is COc1ccccc1COn1nnnc1-c1ccccc1-c1ccc(OC(C)=O)cc1. The number of rotatable bonds is 7. The quantitative estimate of drug-likeness (QED) is 0.336. The van der Waals surface area contributed by atoms with Crippen molar-refractivity contribution in [1.82, 2.24) is 20.4 Å². The van der Waals surface area contributed by atoms with Gasteiger partial charge in [0, 0.05) is 18.1 Å². The highest BCUT2D eigenvalue weighted by Crippen LogP contribution is 2.31. The number of benzene rings is 3. The number of hydrogen-bond donors (Lipinski definition) is 0. The Bertz CT molecular complexity index is 1190. The second-order valence-electron chi connectivity index (χ2n) is 6.62. The second kappa shape index (κ2) is 9.08. The van der Waals surface area contributed by atoms with E-state index in [4.69, 9.17) is 14.3 Å². The predicted molar refractivity (Wildman–Crippen MR) is 113 cm³/mol. The Morgan fingerprint density at radius 2 is 1.65 bits per heavy atom. The third-order valence-corrected chi connectivity index (χ3v) is 4.57. The van der Waals surface area contributed by atoms with E-state index in [1.54, 1.807) is 19.2 Å². The molecule has 0 saturated carbocycles. The summed E-state index contributed by atoms with van der Waals surface area (Å²) in [5.74, 6) is 1.32. The zero-order valence-corrected chi connectivity index (χ0v) is 17.1. The van der Waals surface area contributed by atoms with Gasteiger partial charge >= 0.3 is 5.97 Å². The van der Waals surface area contributed by atoms with Gasteiger partial charge in [0.1, 0.15) is 18.1 Å². The van der Waals surface area contributed by atoms with Crippen LogP contribution in [0, 0.1) is 0 Å². The van der Waals surface area contributed by atoms with Gasteiger partial charge in [0.15, 0.2) is 0 Å². The molecule has 0 radical (unpaired) electrons. The van der Waals surface area contributed by atoms with Crippen molar-refractivity contribution in [3.05, 3.63) is 78.4 Å². The first-order valence-corrected chi connectivity index (χ1v) is 9.57. The zero-order chi connectivity index (χ0) is 21.6. The number of carbonyl (C=O) groups is 1. The molecule has 0 unspecified atom stereocenters. The third-order valence-electron chi connectivity index (χ3n) is 4.57. The van der Waals surface area contributed by atoms with Gasteiger partial charge in [0.25, 0.3) is 0 Å². The lowest BCUT2D eigenvalue weighted by atomic mass is 9.99. The average Bonchev–Trinajstić information content (AvgIpc) is 3.26. The molecule has 3 aromatic carbocycles. The molecule has 0 amide bonds. The minimum atomic E-state index is -0.362. The van der Waals surface area contributed by atoms with Gasteiger partial charge in [0.05, 0.1) is 7.11 Å². The van der Waals surface area contributed by atoms with Crippen LogP contribution in [-0.4, -0.2) is 33.4 Å². The van der Waals surface area contributed by atoms with Crippen LogP contribution in [0.15, 0.2) is 72.8 Å². The molecule has 0 fully saturated rings. The fourth-order valence-electron chi connectivity index (χ4n) is 3.17. The summed E-state index contributed by atoms with van der Waals surface area (Å²) in [6, 6.07) is 22.6. The van der Waals surface area contributed by atoms with Crippen molar-refractivity contribution in [2.45, 2.75) is 13.5 Å². The van der Waals surface area contributed by atoms with Crippen molar-refractivity contribution in [2.75, 3.05) is 7.11 Å². The van der Waals surface area contributed by atoms with Crippen molar-refractivity contribution < 1.29 is 19.1 Å². The van der Waals surface area contributed by atoms with Crippen molar-refractivity contribution in [2.24, 2.45) is 0 Å². The largest absolute Gasteiger partial charge is 0.496 e. The van der Waals surface area contributed by atoms with E-state index < -0.39 is 0 Å². The molecule has 0 bridgehead atoms. The number of ether oxygens (including phenoxy) is 2. The van der Waals surface area contributed by atoms with Crippen LogP contribution < -0.4 is 14.3 Å². The number of nitrogens with zero attached hydrogens (tertiary/aromatic N) is 4. The minimum Gasteiger partial charge on any atom is -0.496 e. The maximum atomic E-state index is 11.2. The van der Waals surface area contributed by atoms with Gasteiger partial charge in [-0.1, -0.05) is 59.4 Å². The van der Waals surface area contributed by atoms with Gasteiger partial charge in [-0.25, -0.2) is 0 Å². The van der Waals surface area contributed by atoms with Crippen LogP contribution in [0.5, 0.6) is 11.5 Å². The molecule has 156 valence electrons. The smallest absolute Gasteiger partial charge is 0.308 e. The lowest BCUT2D eigenvalue weighted by Gasteiger charge is -2.12. The number of hydrogen-bond acceptors (Lipinski definition) is 7. The summed E-state index contributed by atoms with van der Waals surface area (Å²) in [5.41, 5.74) is 3.51. The first kappa shape index (κ1) is 20.1. The number of esters is 1. The number of aromatic nitrogens is 4. The van der Waals surface area contributed by atoms with Gasteiger partial charge in [-0.05, 0) is 39.8 Å². The van der Waals surface area contributed by atoms with Crippen LogP contribution in [-0.2, 0) is 11.4 Å². The van der Waals surface area contributed by atoms with Gasteiger partial charge < -0.3 is 14.3 Å². The van der Waals surface area contributed by atoms with E-state index in [0.29, 0.717) is 11.6 Å². The molecule has 0 spiro atoms. The number of para-hydroxylation sites is 1. The van der Waals surface area contributed by atoms with Crippen molar-refractivity contribution in [3.8, 4) is 34.0 Å². The highest BCUT2D eigenvalue weighted by Gasteiger charge is 2.16. The molecular formula is C23H20N4O4. The van der Waals surface area contributed by atoms with Crippen molar-refractivity contribution >= 4 is 5.97 Å². The molecule has 31 heavy (non-hydrogen) atoms. The highest BCUT2D eigenvalue weighted by molar-refractivity contribution is 5.80. The van der Waals surface area contributed by atoms with Crippen molar-refractivity contribution in [1.29, 1.82) is 0 Å².